The fourth-order valence-electron chi connectivity index (χ4n) is 2.66. The Morgan fingerprint density at radius 1 is 1.15 bits per heavy atom. The molecule has 0 bridgehead atoms. The van der Waals surface area contributed by atoms with Gasteiger partial charge in [0.2, 0.25) is 0 Å². The van der Waals surface area contributed by atoms with Crippen LogP contribution in [0.4, 0.5) is 5.82 Å². The average Bonchev–Trinajstić information content (AvgIpc) is 2.49. The predicted octanol–water partition coefficient (Wildman–Crippen LogP) is 2.99. The third-order valence-corrected chi connectivity index (χ3v) is 4.45. The third-order valence-electron chi connectivity index (χ3n) is 3.67. The molecule has 0 unspecified atom stereocenters. The van der Waals surface area contributed by atoms with Gasteiger partial charge in [0.05, 0.1) is 0 Å². The molecular formula is C15H17BrN4. The summed E-state index contributed by atoms with van der Waals surface area (Å²) in [5, 5.41) is 0. The summed E-state index contributed by atoms with van der Waals surface area (Å²) in [4.78, 5) is 9.30. The van der Waals surface area contributed by atoms with Gasteiger partial charge in [-0.2, -0.15) is 0 Å². The first-order valence-corrected chi connectivity index (χ1v) is 7.66. The number of rotatable bonds is 3. The van der Waals surface area contributed by atoms with Crippen molar-refractivity contribution >= 4 is 21.7 Å². The Hall–Kier alpha value is -1.46. The fourth-order valence-corrected chi connectivity index (χ4v) is 3.08. The summed E-state index contributed by atoms with van der Waals surface area (Å²) < 4.78 is 1.09. The quantitative estimate of drug-likeness (QED) is 0.669. The van der Waals surface area contributed by atoms with Crippen LogP contribution in [-0.4, -0.2) is 9.97 Å². The average molecular weight is 333 g/mol. The molecule has 1 aliphatic rings. The van der Waals surface area contributed by atoms with E-state index in [4.69, 9.17) is 10.8 Å². The summed E-state index contributed by atoms with van der Waals surface area (Å²) in [5.74, 6) is 7.23. The largest absolute Gasteiger partial charge is 0.308 e. The molecule has 20 heavy (non-hydrogen) atoms. The van der Waals surface area contributed by atoms with E-state index in [0.717, 1.165) is 34.7 Å². The maximum atomic E-state index is 5.62. The minimum absolute atomic E-state index is 0.712. The molecule has 0 radical (unpaired) electrons. The number of nitrogens with two attached hydrogens (primary N) is 1. The molecule has 3 rings (SSSR count). The van der Waals surface area contributed by atoms with Crippen LogP contribution in [0.1, 0.15) is 35.5 Å². The van der Waals surface area contributed by atoms with Gasteiger partial charge in [0.15, 0.2) is 0 Å². The van der Waals surface area contributed by atoms with Crippen LogP contribution in [0.15, 0.2) is 28.7 Å². The molecule has 0 saturated carbocycles. The molecule has 5 heteroatoms. The smallest absolute Gasteiger partial charge is 0.147 e. The molecule has 1 heterocycles. The van der Waals surface area contributed by atoms with Crippen molar-refractivity contribution in [3.8, 4) is 0 Å². The number of nitrogens with one attached hydrogen (secondary N) is 1. The standard InChI is InChI=1S/C15H17BrN4/c16-12-7-3-1-5-10(12)9-14-18-13-8-4-2-6-11(13)15(19-14)20-17/h1,3,5,7H,2,4,6,8-9,17H2,(H,18,19,20). The summed E-state index contributed by atoms with van der Waals surface area (Å²) in [7, 11) is 0. The van der Waals surface area contributed by atoms with E-state index in [1.165, 1.54) is 24.0 Å². The van der Waals surface area contributed by atoms with Crippen molar-refractivity contribution in [3.63, 3.8) is 0 Å². The van der Waals surface area contributed by atoms with E-state index in [0.29, 0.717) is 6.42 Å². The maximum absolute atomic E-state index is 5.62. The topological polar surface area (TPSA) is 63.8 Å². The van der Waals surface area contributed by atoms with Gasteiger partial charge in [0.25, 0.3) is 0 Å². The van der Waals surface area contributed by atoms with E-state index in [2.05, 4.69) is 32.4 Å². The molecule has 1 aromatic heterocycles. The van der Waals surface area contributed by atoms with Gasteiger partial charge in [0, 0.05) is 22.2 Å². The van der Waals surface area contributed by atoms with Crippen molar-refractivity contribution < 1.29 is 0 Å². The number of anilines is 1. The van der Waals surface area contributed by atoms with Crippen molar-refractivity contribution in [2.24, 2.45) is 5.84 Å². The van der Waals surface area contributed by atoms with Gasteiger partial charge in [-0.1, -0.05) is 34.1 Å². The summed E-state index contributed by atoms with van der Waals surface area (Å²) in [6, 6.07) is 8.16. The Morgan fingerprint density at radius 3 is 2.75 bits per heavy atom. The van der Waals surface area contributed by atoms with Crippen molar-refractivity contribution in [1.29, 1.82) is 0 Å². The Morgan fingerprint density at radius 2 is 1.95 bits per heavy atom. The van der Waals surface area contributed by atoms with E-state index in [-0.39, 0.29) is 0 Å². The van der Waals surface area contributed by atoms with E-state index >= 15 is 0 Å². The number of hydrogen-bond acceptors (Lipinski definition) is 4. The van der Waals surface area contributed by atoms with E-state index < -0.39 is 0 Å². The van der Waals surface area contributed by atoms with Gasteiger partial charge < -0.3 is 5.43 Å². The van der Waals surface area contributed by atoms with Crippen molar-refractivity contribution in [1.82, 2.24) is 9.97 Å². The minimum atomic E-state index is 0.712. The van der Waals surface area contributed by atoms with Gasteiger partial charge in [-0.25, -0.2) is 15.8 Å². The zero-order valence-electron chi connectivity index (χ0n) is 11.2. The number of nitrogens with zero attached hydrogens (tertiary/aromatic N) is 2. The molecule has 2 aromatic rings. The minimum Gasteiger partial charge on any atom is -0.308 e. The van der Waals surface area contributed by atoms with Crippen LogP contribution in [-0.2, 0) is 19.3 Å². The van der Waals surface area contributed by atoms with Crippen LogP contribution in [0, 0.1) is 0 Å². The first-order chi connectivity index (χ1) is 9.78. The van der Waals surface area contributed by atoms with Gasteiger partial charge in [0.1, 0.15) is 11.6 Å². The third kappa shape index (κ3) is 2.69. The highest BCUT2D eigenvalue weighted by molar-refractivity contribution is 9.10. The second-order valence-electron chi connectivity index (χ2n) is 5.03. The Kier molecular flexibility index (Phi) is 3.98. The van der Waals surface area contributed by atoms with Gasteiger partial charge >= 0.3 is 0 Å². The number of aromatic nitrogens is 2. The number of fused-ring (bicyclic) bond motifs is 1. The molecule has 4 nitrogen and oxygen atoms in total. The van der Waals surface area contributed by atoms with Crippen LogP contribution in [0.5, 0.6) is 0 Å². The highest BCUT2D eigenvalue weighted by atomic mass is 79.9. The lowest BCUT2D eigenvalue weighted by Gasteiger charge is -2.18. The highest BCUT2D eigenvalue weighted by Crippen LogP contribution is 2.26. The van der Waals surface area contributed by atoms with Gasteiger partial charge in [-0.3, -0.25) is 0 Å². The van der Waals surface area contributed by atoms with Gasteiger partial charge in [-0.05, 0) is 37.3 Å². The SMILES string of the molecule is NNc1nc(Cc2ccccc2Br)nc2c1CCCC2. The van der Waals surface area contributed by atoms with Crippen LogP contribution >= 0.6 is 15.9 Å². The van der Waals surface area contributed by atoms with E-state index in [9.17, 15) is 0 Å². The number of nitrogen functional groups attached to an aromatic ring is 1. The second kappa shape index (κ2) is 5.89. The lowest BCUT2D eigenvalue weighted by atomic mass is 9.96. The lowest BCUT2D eigenvalue weighted by molar-refractivity contribution is 0.657. The number of aryl methyl sites for hydroxylation is 1. The zero-order chi connectivity index (χ0) is 13.9. The maximum Gasteiger partial charge on any atom is 0.147 e. The zero-order valence-corrected chi connectivity index (χ0v) is 12.8. The van der Waals surface area contributed by atoms with E-state index in [1.54, 1.807) is 0 Å². The molecule has 1 aliphatic carbocycles. The van der Waals surface area contributed by atoms with Crippen LogP contribution in [0.2, 0.25) is 0 Å². The number of hydrazine groups is 1. The number of hydrogen-bond donors (Lipinski definition) is 2. The molecule has 0 spiro atoms. The molecule has 104 valence electrons. The Bertz CT molecular complexity index is 610. The molecule has 0 atom stereocenters. The van der Waals surface area contributed by atoms with Crippen LogP contribution < -0.4 is 11.3 Å². The van der Waals surface area contributed by atoms with Crippen molar-refractivity contribution in [3.05, 3.63) is 51.4 Å². The molecule has 0 saturated heterocycles. The molecule has 1 aromatic carbocycles. The molecule has 0 fully saturated rings. The number of benzene rings is 1. The van der Waals surface area contributed by atoms with Crippen molar-refractivity contribution in [2.75, 3.05) is 5.43 Å². The molecule has 0 aliphatic heterocycles. The second-order valence-corrected chi connectivity index (χ2v) is 5.89. The first kappa shape index (κ1) is 13.5. The molecule has 0 amide bonds. The summed E-state index contributed by atoms with van der Waals surface area (Å²) in [6.07, 6.45) is 5.14. The number of halogens is 1. The normalized spacial score (nSPS) is 13.9. The summed E-state index contributed by atoms with van der Waals surface area (Å²) in [6.45, 7) is 0. The highest BCUT2D eigenvalue weighted by Gasteiger charge is 2.17. The first-order valence-electron chi connectivity index (χ1n) is 6.86. The van der Waals surface area contributed by atoms with Crippen LogP contribution in [0.3, 0.4) is 0 Å². The fraction of sp³-hybridized carbons (Fsp3) is 0.333. The van der Waals surface area contributed by atoms with E-state index in [1.807, 2.05) is 18.2 Å². The van der Waals surface area contributed by atoms with Crippen molar-refractivity contribution in [2.45, 2.75) is 32.1 Å². The molecule has 3 N–H and O–H groups in total. The molecular weight excluding hydrogens is 316 g/mol. The summed E-state index contributed by atoms with van der Waals surface area (Å²) in [5.41, 5.74) is 6.26. The van der Waals surface area contributed by atoms with Gasteiger partial charge in [-0.15, -0.1) is 0 Å². The Labute approximate surface area is 126 Å². The Balaban J connectivity index is 1.96. The summed E-state index contributed by atoms with van der Waals surface area (Å²) >= 11 is 3.57. The monoisotopic (exact) mass is 332 g/mol. The predicted molar refractivity (Wildman–Crippen MR) is 83.4 cm³/mol. The van der Waals surface area contributed by atoms with Crippen LogP contribution in [0.25, 0.3) is 0 Å². The lowest BCUT2D eigenvalue weighted by Crippen LogP contribution is -2.18.